The molecule has 39 heavy (non-hydrogen) atoms. The summed E-state index contributed by atoms with van der Waals surface area (Å²) in [6.45, 7) is 3.02. The summed E-state index contributed by atoms with van der Waals surface area (Å²) in [5, 5.41) is 9.15. The van der Waals surface area contributed by atoms with Crippen molar-refractivity contribution < 1.29 is 28.6 Å². The molecule has 3 aromatic carbocycles. The van der Waals surface area contributed by atoms with Crippen LogP contribution in [0.3, 0.4) is 0 Å². The SMILES string of the molecule is COc1ccc([C@@H]2[C@@H](C(=O)Nc3ccccc3)N3N=Cc4ccccc4[C@@H]3C23C(=O)OC(C)(C)OC3=O)cc1. The molecule has 0 unspecified atom stereocenters. The van der Waals surface area contributed by atoms with Crippen molar-refractivity contribution in [3.05, 3.63) is 95.6 Å². The van der Waals surface area contributed by atoms with E-state index in [-0.39, 0.29) is 0 Å². The number of para-hydroxylation sites is 1. The summed E-state index contributed by atoms with van der Waals surface area (Å²) in [5.41, 5.74) is 0.636. The van der Waals surface area contributed by atoms with E-state index in [1.54, 1.807) is 54.7 Å². The van der Waals surface area contributed by atoms with Crippen molar-refractivity contribution in [1.82, 2.24) is 5.01 Å². The molecule has 3 atom stereocenters. The maximum absolute atomic E-state index is 14.2. The number of rotatable bonds is 4. The van der Waals surface area contributed by atoms with Crippen LogP contribution in [0.15, 0.2) is 84.0 Å². The average molecular weight is 526 g/mol. The zero-order chi connectivity index (χ0) is 27.4. The molecule has 1 amide bonds. The minimum atomic E-state index is -1.92. The van der Waals surface area contributed by atoms with Gasteiger partial charge in [-0.3, -0.25) is 19.4 Å². The monoisotopic (exact) mass is 525 g/mol. The van der Waals surface area contributed by atoms with Gasteiger partial charge in [0, 0.05) is 25.5 Å². The lowest BCUT2D eigenvalue weighted by atomic mass is 9.65. The van der Waals surface area contributed by atoms with E-state index in [4.69, 9.17) is 14.2 Å². The van der Waals surface area contributed by atoms with Crippen LogP contribution in [0.25, 0.3) is 0 Å². The highest BCUT2D eigenvalue weighted by molar-refractivity contribution is 6.08. The van der Waals surface area contributed by atoms with Crippen LogP contribution in [0, 0.1) is 5.41 Å². The molecule has 9 nitrogen and oxygen atoms in total. The van der Waals surface area contributed by atoms with Crippen molar-refractivity contribution in [2.75, 3.05) is 12.4 Å². The Hall–Kier alpha value is -4.66. The fourth-order valence-electron chi connectivity index (χ4n) is 5.94. The van der Waals surface area contributed by atoms with Gasteiger partial charge in [0.1, 0.15) is 17.8 Å². The minimum Gasteiger partial charge on any atom is -0.497 e. The number of fused-ring (bicyclic) bond motifs is 4. The standard InChI is InChI=1S/C30H27N3O6/c1-29(2)38-27(35)30(28(36)39-29)23(18-13-15-21(37-3)16-14-18)24(26(34)32-20-10-5-4-6-11-20)33-25(30)22-12-8-7-9-19(22)17-31-33/h4-17,23-25H,1-3H3,(H,32,34)/t23-,24+,25-/m1/s1. The van der Waals surface area contributed by atoms with E-state index >= 15 is 0 Å². The van der Waals surface area contributed by atoms with Gasteiger partial charge in [0.25, 0.3) is 5.79 Å². The molecule has 0 aromatic heterocycles. The third-order valence-corrected chi connectivity index (χ3v) is 7.55. The maximum Gasteiger partial charge on any atom is 0.330 e. The third kappa shape index (κ3) is 3.76. The van der Waals surface area contributed by atoms with Crippen LogP contribution in [0.2, 0.25) is 0 Å². The first kappa shape index (κ1) is 24.7. The lowest BCUT2D eigenvalue weighted by molar-refractivity contribution is -0.254. The maximum atomic E-state index is 14.2. The topological polar surface area (TPSA) is 107 Å². The number of cyclic esters (lactones) is 2. The Morgan fingerprint density at radius 3 is 2.23 bits per heavy atom. The summed E-state index contributed by atoms with van der Waals surface area (Å²) in [4.78, 5) is 42.5. The first-order valence-corrected chi connectivity index (χ1v) is 12.6. The Balaban J connectivity index is 1.59. The van der Waals surface area contributed by atoms with E-state index in [1.807, 2.05) is 42.5 Å². The number of hydrogen-bond acceptors (Lipinski definition) is 8. The summed E-state index contributed by atoms with van der Waals surface area (Å²) >= 11 is 0. The van der Waals surface area contributed by atoms with Crippen molar-refractivity contribution >= 4 is 29.7 Å². The van der Waals surface area contributed by atoms with Gasteiger partial charge in [0.15, 0.2) is 0 Å². The predicted octanol–water partition coefficient (Wildman–Crippen LogP) is 4.01. The van der Waals surface area contributed by atoms with E-state index in [0.29, 0.717) is 22.6 Å². The number of hydrazone groups is 1. The molecule has 2 fully saturated rings. The largest absolute Gasteiger partial charge is 0.497 e. The minimum absolute atomic E-state index is 0.425. The molecule has 3 aliphatic rings. The van der Waals surface area contributed by atoms with Crippen LogP contribution in [0.1, 0.15) is 42.5 Å². The molecule has 198 valence electrons. The van der Waals surface area contributed by atoms with Gasteiger partial charge in [-0.25, -0.2) is 0 Å². The molecule has 6 rings (SSSR count). The van der Waals surface area contributed by atoms with Gasteiger partial charge in [-0.1, -0.05) is 54.6 Å². The second-order valence-corrected chi connectivity index (χ2v) is 10.3. The number of benzene rings is 3. The Morgan fingerprint density at radius 2 is 1.56 bits per heavy atom. The van der Waals surface area contributed by atoms with Gasteiger partial charge in [-0.05, 0) is 41.0 Å². The molecule has 3 aliphatic heterocycles. The first-order chi connectivity index (χ1) is 18.8. The molecular formula is C30H27N3O6. The molecule has 3 aromatic rings. The summed E-state index contributed by atoms with van der Waals surface area (Å²) in [5.74, 6) is -3.83. The number of hydrogen-bond donors (Lipinski definition) is 1. The van der Waals surface area contributed by atoms with Gasteiger partial charge in [0.05, 0.1) is 13.3 Å². The van der Waals surface area contributed by atoms with Gasteiger partial charge >= 0.3 is 11.9 Å². The zero-order valence-corrected chi connectivity index (χ0v) is 21.7. The third-order valence-electron chi connectivity index (χ3n) is 7.55. The molecule has 0 radical (unpaired) electrons. The molecule has 1 spiro atoms. The Kier molecular flexibility index (Phi) is 5.67. The first-order valence-electron chi connectivity index (χ1n) is 12.6. The van der Waals surface area contributed by atoms with Crippen LogP contribution < -0.4 is 10.1 Å². The number of ether oxygens (including phenoxy) is 3. The number of nitrogens with zero attached hydrogens (tertiary/aromatic N) is 2. The average Bonchev–Trinajstić information content (AvgIpc) is 3.25. The van der Waals surface area contributed by atoms with E-state index in [0.717, 1.165) is 5.56 Å². The number of methoxy groups -OCH3 is 1. The number of esters is 2. The molecule has 3 heterocycles. The van der Waals surface area contributed by atoms with Gasteiger partial charge < -0.3 is 19.5 Å². The second-order valence-electron chi connectivity index (χ2n) is 10.3. The number of anilines is 1. The smallest absolute Gasteiger partial charge is 0.330 e. The quantitative estimate of drug-likeness (QED) is 0.405. The summed E-state index contributed by atoms with van der Waals surface area (Å²) in [6, 6.07) is 21.3. The fourth-order valence-corrected chi connectivity index (χ4v) is 5.94. The van der Waals surface area contributed by atoms with Gasteiger partial charge in [0.2, 0.25) is 11.3 Å². The summed E-state index contributed by atoms with van der Waals surface area (Å²) in [7, 11) is 1.55. The Morgan fingerprint density at radius 1 is 0.923 bits per heavy atom. The molecule has 0 bridgehead atoms. The fraction of sp³-hybridized carbons (Fsp3) is 0.267. The number of amides is 1. The van der Waals surface area contributed by atoms with Crippen LogP contribution in [-0.2, 0) is 23.9 Å². The number of carbonyl (C=O) groups excluding carboxylic acids is 3. The molecule has 1 N–H and O–H groups in total. The lowest BCUT2D eigenvalue weighted by Gasteiger charge is -2.44. The Labute approximate surface area is 225 Å². The van der Waals surface area contributed by atoms with E-state index in [1.165, 1.54) is 13.8 Å². The molecule has 9 heteroatoms. The number of carbonyl (C=O) groups is 3. The van der Waals surface area contributed by atoms with Crippen molar-refractivity contribution in [1.29, 1.82) is 0 Å². The normalized spacial score (nSPS) is 23.9. The second kappa shape index (κ2) is 8.97. The molecule has 0 aliphatic carbocycles. The molecular weight excluding hydrogens is 498 g/mol. The van der Waals surface area contributed by atoms with Crippen molar-refractivity contribution in [3.63, 3.8) is 0 Å². The van der Waals surface area contributed by atoms with E-state index < -0.39 is 47.0 Å². The zero-order valence-electron chi connectivity index (χ0n) is 21.7. The summed E-state index contributed by atoms with van der Waals surface area (Å²) in [6.07, 6.45) is 1.64. The van der Waals surface area contributed by atoms with Gasteiger partial charge in [-0.2, -0.15) is 5.10 Å². The van der Waals surface area contributed by atoms with E-state index in [2.05, 4.69) is 10.4 Å². The number of nitrogens with one attached hydrogen (secondary N) is 1. The van der Waals surface area contributed by atoms with E-state index in [9.17, 15) is 14.4 Å². The highest BCUT2D eigenvalue weighted by Crippen LogP contribution is 2.62. The van der Waals surface area contributed by atoms with Crippen molar-refractivity contribution in [2.45, 2.75) is 37.6 Å². The summed E-state index contributed by atoms with van der Waals surface area (Å²) < 4.78 is 16.9. The van der Waals surface area contributed by atoms with Crippen LogP contribution in [0.4, 0.5) is 5.69 Å². The predicted molar refractivity (Wildman–Crippen MR) is 142 cm³/mol. The lowest BCUT2D eigenvalue weighted by Crippen LogP contribution is -2.58. The van der Waals surface area contributed by atoms with Crippen molar-refractivity contribution in [3.8, 4) is 5.75 Å². The molecule has 0 saturated carbocycles. The molecule has 2 saturated heterocycles. The van der Waals surface area contributed by atoms with Crippen LogP contribution in [0.5, 0.6) is 5.75 Å². The Bertz CT molecular complexity index is 1460. The highest BCUT2D eigenvalue weighted by atomic mass is 16.7. The van der Waals surface area contributed by atoms with Crippen LogP contribution >= 0.6 is 0 Å². The van der Waals surface area contributed by atoms with Crippen LogP contribution in [-0.4, -0.2) is 48.0 Å². The highest BCUT2D eigenvalue weighted by Gasteiger charge is 2.75. The van der Waals surface area contributed by atoms with Gasteiger partial charge in [-0.15, -0.1) is 0 Å². The van der Waals surface area contributed by atoms with Crippen molar-refractivity contribution in [2.24, 2.45) is 10.5 Å².